The summed E-state index contributed by atoms with van der Waals surface area (Å²) in [6, 6.07) is 4.61. The van der Waals surface area contributed by atoms with Crippen molar-refractivity contribution in [2.45, 2.75) is 26.3 Å². The number of carbonyl (C=O) groups excluding carboxylic acids is 1. The number of rotatable bonds is 5. The molecule has 18 heavy (non-hydrogen) atoms. The normalized spacial score (nSPS) is 10.8. The van der Waals surface area contributed by atoms with E-state index in [2.05, 4.69) is 31.9 Å². The van der Waals surface area contributed by atoms with E-state index in [4.69, 9.17) is 0 Å². The fourth-order valence-electron chi connectivity index (χ4n) is 1.65. The van der Waals surface area contributed by atoms with Gasteiger partial charge < -0.3 is 4.90 Å². The molecule has 0 aliphatic carbocycles. The van der Waals surface area contributed by atoms with Crippen LogP contribution in [0.3, 0.4) is 0 Å². The summed E-state index contributed by atoms with van der Waals surface area (Å²) in [4.78, 5) is 14.1. The van der Waals surface area contributed by atoms with Crippen LogP contribution in [0.4, 0.5) is 4.39 Å². The minimum absolute atomic E-state index is 0.0896. The number of halogens is 3. The fraction of sp³-hybridized carbons (Fsp3) is 0.462. The van der Waals surface area contributed by atoms with Crippen LogP contribution in [-0.2, 0) is 0 Å². The van der Waals surface area contributed by atoms with Gasteiger partial charge in [0.1, 0.15) is 5.82 Å². The molecule has 0 saturated carbocycles. The van der Waals surface area contributed by atoms with Gasteiger partial charge in [0, 0.05) is 17.9 Å². The second-order valence-electron chi connectivity index (χ2n) is 4.24. The van der Waals surface area contributed by atoms with Gasteiger partial charge in [-0.1, -0.05) is 22.0 Å². The lowest BCUT2D eigenvalue weighted by molar-refractivity contribution is 0.0705. The maximum atomic E-state index is 13.4. The highest BCUT2D eigenvalue weighted by molar-refractivity contribution is 9.10. The molecule has 0 N–H and O–H groups in total. The second-order valence-corrected chi connectivity index (χ2v) is 5.82. The molecule has 5 heteroatoms. The molecule has 0 bridgehead atoms. The van der Waals surface area contributed by atoms with E-state index in [-0.39, 0.29) is 16.4 Å². The molecule has 0 heterocycles. The van der Waals surface area contributed by atoms with E-state index in [0.29, 0.717) is 12.1 Å². The summed E-state index contributed by atoms with van der Waals surface area (Å²) in [5.74, 6) is -0.553. The van der Waals surface area contributed by atoms with Gasteiger partial charge in [-0.05, 0) is 48.3 Å². The Kier molecular flexibility index (Phi) is 6.29. The largest absolute Gasteiger partial charge is 0.336 e. The third kappa shape index (κ3) is 3.79. The Labute approximate surface area is 124 Å². The molecule has 1 aromatic carbocycles. The first-order valence-electron chi connectivity index (χ1n) is 5.80. The monoisotopic (exact) mass is 379 g/mol. The van der Waals surface area contributed by atoms with Gasteiger partial charge in [0.2, 0.25) is 0 Å². The highest BCUT2D eigenvalue weighted by atomic mass is 79.9. The molecule has 0 saturated heterocycles. The summed E-state index contributed by atoms with van der Waals surface area (Å²) in [6.45, 7) is 4.57. The standard InChI is InChI=1S/C13H16Br2FNO/c1-9(2)17(8-4-7-14)13(18)10-5-3-6-11(16)12(10)15/h3,5-6,9H,4,7-8H2,1-2H3. The molecule has 0 aromatic heterocycles. The quantitative estimate of drug-likeness (QED) is 0.700. The molecule has 0 aliphatic heterocycles. The SMILES string of the molecule is CC(C)N(CCCBr)C(=O)c1cccc(F)c1Br. The van der Waals surface area contributed by atoms with Gasteiger partial charge in [-0.15, -0.1) is 0 Å². The summed E-state index contributed by atoms with van der Waals surface area (Å²) >= 11 is 6.49. The van der Waals surface area contributed by atoms with Crippen molar-refractivity contribution >= 4 is 37.8 Å². The Bertz CT molecular complexity index is 423. The zero-order valence-corrected chi connectivity index (χ0v) is 13.6. The van der Waals surface area contributed by atoms with Crippen LogP contribution in [0.25, 0.3) is 0 Å². The number of hydrogen-bond acceptors (Lipinski definition) is 1. The molecule has 0 atom stereocenters. The third-order valence-electron chi connectivity index (χ3n) is 2.60. The molecule has 0 radical (unpaired) electrons. The maximum Gasteiger partial charge on any atom is 0.255 e. The second kappa shape index (κ2) is 7.24. The number of amides is 1. The summed E-state index contributed by atoms with van der Waals surface area (Å²) in [7, 11) is 0. The molecule has 0 fully saturated rings. The van der Waals surface area contributed by atoms with Gasteiger partial charge in [-0.2, -0.15) is 0 Å². The molecule has 1 rings (SSSR count). The van der Waals surface area contributed by atoms with E-state index in [9.17, 15) is 9.18 Å². The fourth-order valence-corrected chi connectivity index (χ4v) is 2.33. The van der Waals surface area contributed by atoms with Crippen molar-refractivity contribution in [2.24, 2.45) is 0 Å². The van der Waals surface area contributed by atoms with Crippen molar-refractivity contribution in [1.29, 1.82) is 0 Å². The number of alkyl halides is 1. The highest BCUT2D eigenvalue weighted by Crippen LogP contribution is 2.22. The molecule has 0 aliphatic rings. The molecule has 100 valence electrons. The van der Waals surface area contributed by atoms with Crippen molar-refractivity contribution < 1.29 is 9.18 Å². The predicted octanol–water partition coefficient (Wildman–Crippen LogP) is 4.22. The summed E-state index contributed by atoms with van der Waals surface area (Å²) < 4.78 is 13.7. The van der Waals surface area contributed by atoms with Crippen LogP contribution in [0, 0.1) is 5.82 Å². The van der Waals surface area contributed by atoms with Crippen LogP contribution < -0.4 is 0 Å². The maximum absolute atomic E-state index is 13.4. The van der Waals surface area contributed by atoms with Crippen LogP contribution in [0.5, 0.6) is 0 Å². The number of benzene rings is 1. The Balaban J connectivity index is 2.98. The number of nitrogens with zero attached hydrogens (tertiary/aromatic N) is 1. The van der Waals surface area contributed by atoms with E-state index in [1.165, 1.54) is 6.07 Å². The Morgan fingerprint density at radius 2 is 2.11 bits per heavy atom. The molecular formula is C13H16Br2FNO. The first-order chi connectivity index (χ1) is 8.49. The van der Waals surface area contributed by atoms with Gasteiger partial charge >= 0.3 is 0 Å². The first-order valence-corrected chi connectivity index (χ1v) is 7.71. The van der Waals surface area contributed by atoms with E-state index in [1.807, 2.05) is 13.8 Å². The first kappa shape index (κ1) is 15.6. The van der Waals surface area contributed by atoms with E-state index in [0.717, 1.165) is 11.8 Å². The van der Waals surface area contributed by atoms with E-state index in [1.54, 1.807) is 17.0 Å². The predicted molar refractivity (Wildman–Crippen MR) is 78.7 cm³/mol. The van der Waals surface area contributed by atoms with Crippen molar-refractivity contribution in [1.82, 2.24) is 4.90 Å². The molecule has 1 amide bonds. The molecule has 0 unspecified atom stereocenters. The van der Waals surface area contributed by atoms with Gasteiger partial charge in [0.15, 0.2) is 0 Å². The summed E-state index contributed by atoms with van der Waals surface area (Å²) in [5.41, 5.74) is 0.373. The smallest absolute Gasteiger partial charge is 0.255 e. The average molecular weight is 381 g/mol. The number of hydrogen-bond donors (Lipinski definition) is 0. The van der Waals surface area contributed by atoms with Crippen molar-refractivity contribution in [3.63, 3.8) is 0 Å². The lowest BCUT2D eigenvalue weighted by Crippen LogP contribution is -2.38. The minimum Gasteiger partial charge on any atom is -0.336 e. The van der Waals surface area contributed by atoms with Crippen LogP contribution in [-0.4, -0.2) is 28.7 Å². The van der Waals surface area contributed by atoms with Gasteiger partial charge in [0.25, 0.3) is 5.91 Å². The van der Waals surface area contributed by atoms with Crippen LogP contribution in [0.2, 0.25) is 0 Å². The van der Waals surface area contributed by atoms with Crippen LogP contribution in [0.1, 0.15) is 30.6 Å². The van der Waals surface area contributed by atoms with Crippen LogP contribution in [0.15, 0.2) is 22.7 Å². The lowest BCUT2D eigenvalue weighted by Gasteiger charge is -2.27. The van der Waals surface area contributed by atoms with Crippen molar-refractivity contribution in [3.8, 4) is 0 Å². The topological polar surface area (TPSA) is 20.3 Å². The molecule has 2 nitrogen and oxygen atoms in total. The Morgan fingerprint density at radius 3 is 2.67 bits per heavy atom. The Hall–Kier alpha value is -0.420. The highest BCUT2D eigenvalue weighted by Gasteiger charge is 2.21. The van der Waals surface area contributed by atoms with E-state index < -0.39 is 5.82 Å². The molecule has 0 spiro atoms. The third-order valence-corrected chi connectivity index (χ3v) is 3.97. The minimum atomic E-state index is -0.412. The van der Waals surface area contributed by atoms with Crippen LogP contribution >= 0.6 is 31.9 Å². The van der Waals surface area contributed by atoms with Gasteiger partial charge in [-0.3, -0.25) is 4.79 Å². The van der Waals surface area contributed by atoms with Gasteiger partial charge in [0.05, 0.1) is 10.0 Å². The van der Waals surface area contributed by atoms with Gasteiger partial charge in [-0.25, -0.2) is 4.39 Å². The van der Waals surface area contributed by atoms with Crippen molar-refractivity contribution in [2.75, 3.05) is 11.9 Å². The Morgan fingerprint density at radius 1 is 1.44 bits per heavy atom. The summed E-state index contributed by atoms with van der Waals surface area (Å²) in [5, 5.41) is 0.841. The average Bonchev–Trinajstić information content (AvgIpc) is 2.32. The summed E-state index contributed by atoms with van der Waals surface area (Å²) in [6.07, 6.45) is 0.872. The zero-order chi connectivity index (χ0) is 13.7. The van der Waals surface area contributed by atoms with Crippen molar-refractivity contribution in [3.05, 3.63) is 34.1 Å². The molecule has 1 aromatic rings. The molecular weight excluding hydrogens is 365 g/mol. The number of carbonyl (C=O) groups is 1. The zero-order valence-electron chi connectivity index (χ0n) is 10.4. The lowest BCUT2D eigenvalue weighted by atomic mass is 10.1. The van der Waals surface area contributed by atoms with E-state index >= 15 is 0 Å².